The summed E-state index contributed by atoms with van der Waals surface area (Å²) in [6.07, 6.45) is -4.60. The van der Waals surface area contributed by atoms with Crippen molar-refractivity contribution in [2.45, 2.75) is 6.18 Å². The Bertz CT molecular complexity index is 1150. The van der Waals surface area contributed by atoms with Gasteiger partial charge in [0.05, 0.1) is 10.9 Å². The van der Waals surface area contributed by atoms with Crippen molar-refractivity contribution in [3.05, 3.63) is 64.4 Å². The Morgan fingerprint density at radius 2 is 1.73 bits per heavy atom. The number of hydrogen-bond acceptors (Lipinski definition) is 4. The van der Waals surface area contributed by atoms with Crippen LogP contribution in [0.5, 0.6) is 5.75 Å². The smallest absolute Gasteiger partial charge is 0.362 e. The zero-order chi connectivity index (χ0) is 19.1. The molecule has 0 fully saturated rings. The number of H-pyrrole nitrogens is 1. The molecule has 3 aromatic rings. The van der Waals surface area contributed by atoms with Gasteiger partial charge < -0.3 is 9.17 Å². The summed E-state index contributed by atoms with van der Waals surface area (Å²) in [6, 6.07) is 9.64. The van der Waals surface area contributed by atoms with E-state index in [0.29, 0.717) is 0 Å². The number of rotatable bonds is 3. The average Bonchev–Trinajstić information content (AvgIpc) is 2.53. The molecule has 0 unspecified atom stereocenters. The minimum absolute atomic E-state index is 0.0145. The quantitative estimate of drug-likeness (QED) is 0.674. The fraction of sp³-hybridized carbons (Fsp3) is 0.0625. The fourth-order valence-electron chi connectivity index (χ4n) is 2.52. The summed E-state index contributed by atoms with van der Waals surface area (Å²) < 4.78 is 73.9. The van der Waals surface area contributed by atoms with Gasteiger partial charge in [-0.15, -0.1) is 0 Å². The van der Waals surface area contributed by atoms with Crippen LogP contribution in [0.15, 0.2) is 53.3 Å². The molecule has 3 rings (SSSR count). The zero-order valence-electron chi connectivity index (χ0n) is 12.7. The summed E-state index contributed by atoms with van der Waals surface area (Å²) in [5, 5.41) is 0.253. The van der Waals surface area contributed by atoms with E-state index < -0.39 is 27.7 Å². The summed E-state index contributed by atoms with van der Waals surface area (Å²) in [7, 11) is -4.77. The Morgan fingerprint density at radius 3 is 2.38 bits per heavy atom. The number of fused-ring (bicyclic) bond motifs is 1. The highest BCUT2D eigenvalue weighted by atomic mass is 32.3. The van der Waals surface area contributed by atoms with E-state index in [1.807, 2.05) is 0 Å². The largest absolute Gasteiger partial charge is 0.446 e. The SMILES string of the molecule is O=c1[nH]c(-c2ccccc2C(F)(F)F)cc2ccc(OS(=O)(=O)O)cc12. The first-order valence-corrected chi connectivity index (χ1v) is 8.42. The predicted octanol–water partition coefficient (Wildman–Crippen LogP) is 3.40. The lowest BCUT2D eigenvalue weighted by molar-refractivity contribution is -0.137. The molecule has 2 N–H and O–H groups in total. The van der Waals surface area contributed by atoms with Gasteiger partial charge in [0.2, 0.25) is 0 Å². The van der Waals surface area contributed by atoms with E-state index in [2.05, 4.69) is 9.17 Å². The van der Waals surface area contributed by atoms with Crippen molar-refractivity contribution in [2.24, 2.45) is 0 Å². The third-order valence-electron chi connectivity index (χ3n) is 3.54. The van der Waals surface area contributed by atoms with Gasteiger partial charge in [-0.2, -0.15) is 21.6 Å². The van der Waals surface area contributed by atoms with Crippen LogP contribution in [0, 0.1) is 0 Å². The molecule has 0 saturated carbocycles. The first kappa shape index (κ1) is 18.0. The molecule has 6 nitrogen and oxygen atoms in total. The number of alkyl halides is 3. The van der Waals surface area contributed by atoms with Crippen LogP contribution in [0.3, 0.4) is 0 Å². The predicted molar refractivity (Wildman–Crippen MR) is 87.2 cm³/mol. The molecular weight excluding hydrogens is 375 g/mol. The number of benzene rings is 2. The van der Waals surface area contributed by atoms with E-state index in [4.69, 9.17) is 4.55 Å². The highest BCUT2D eigenvalue weighted by molar-refractivity contribution is 7.81. The van der Waals surface area contributed by atoms with Crippen LogP contribution < -0.4 is 9.74 Å². The number of aromatic nitrogens is 1. The summed E-state index contributed by atoms with van der Waals surface area (Å²) in [6.45, 7) is 0. The van der Waals surface area contributed by atoms with Crippen LogP contribution in [-0.2, 0) is 16.6 Å². The monoisotopic (exact) mass is 385 g/mol. The summed E-state index contributed by atoms with van der Waals surface area (Å²) >= 11 is 0. The van der Waals surface area contributed by atoms with Crippen LogP contribution in [0.2, 0.25) is 0 Å². The van der Waals surface area contributed by atoms with Gasteiger partial charge in [-0.05, 0) is 29.7 Å². The molecule has 0 amide bonds. The second kappa shape index (κ2) is 6.15. The van der Waals surface area contributed by atoms with Crippen molar-refractivity contribution < 1.29 is 30.3 Å². The molecular formula is C16H10F3NO5S. The van der Waals surface area contributed by atoms with E-state index >= 15 is 0 Å². The van der Waals surface area contributed by atoms with Crippen LogP contribution >= 0.6 is 0 Å². The topological polar surface area (TPSA) is 96.5 Å². The van der Waals surface area contributed by atoms with E-state index in [1.165, 1.54) is 30.3 Å². The minimum Gasteiger partial charge on any atom is -0.362 e. The lowest BCUT2D eigenvalue weighted by Crippen LogP contribution is -2.12. The highest BCUT2D eigenvalue weighted by Crippen LogP contribution is 2.36. The number of halogens is 3. The Labute approximate surface area is 144 Å². The molecule has 10 heteroatoms. The van der Waals surface area contributed by atoms with Crippen LogP contribution in [0.1, 0.15) is 5.56 Å². The van der Waals surface area contributed by atoms with E-state index in [1.54, 1.807) is 0 Å². The third-order valence-corrected chi connectivity index (χ3v) is 3.94. The summed E-state index contributed by atoms with van der Waals surface area (Å²) in [5.74, 6) is -0.311. The number of pyridine rings is 1. The molecule has 0 aliphatic carbocycles. The van der Waals surface area contributed by atoms with E-state index in [9.17, 15) is 26.4 Å². The van der Waals surface area contributed by atoms with Gasteiger partial charge in [0.25, 0.3) is 5.56 Å². The van der Waals surface area contributed by atoms with Gasteiger partial charge in [-0.1, -0.05) is 24.3 Å². The van der Waals surface area contributed by atoms with E-state index in [0.717, 1.165) is 18.2 Å². The standard InChI is InChI=1S/C16H10F3NO5S/c17-16(18,19)13-4-2-1-3-11(13)14-7-9-5-6-10(25-26(22,23)24)8-12(9)15(21)20-14/h1-8H,(H,20,21)(H,22,23,24). The molecule has 0 spiro atoms. The molecule has 0 radical (unpaired) electrons. The Hall–Kier alpha value is -2.85. The number of hydrogen-bond donors (Lipinski definition) is 2. The number of nitrogens with one attached hydrogen (secondary N) is 1. The van der Waals surface area contributed by atoms with Crippen molar-refractivity contribution in [1.82, 2.24) is 4.98 Å². The molecule has 0 saturated heterocycles. The lowest BCUT2D eigenvalue weighted by Gasteiger charge is -2.13. The minimum atomic E-state index is -4.77. The highest BCUT2D eigenvalue weighted by Gasteiger charge is 2.33. The van der Waals surface area contributed by atoms with Gasteiger partial charge >= 0.3 is 16.6 Å². The molecule has 2 aromatic carbocycles. The van der Waals surface area contributed by atoms with Gasteiger partial charge in [0.15, 0.2) is 0 Å². The molecule has 0 aliphatic rings. The second-order valence-corrected chi connectivity index (χ2v) is 6.34. The van der Waals surface area contributed by atoms with Crippen molar-refractivity contribution in [1.29, 1.82) is 0 Å². The van der Waals surface area contributed by atoms with Gasteiger partial charge in [-0.25, -0.2) is 0 Å². The molecule has 0 atom stereocenters. The molecule has 0 bridgehead atoms. The molecule has 1 heterocycles. The number of aromatic amines is 1. The molecule has 1 aromatic heterocycles. The van der Waals surface area contributed by atoms with Gasteiger partial charge in [0.1, 0.15) is 5.75 Å². The summed E-state index contributed by atoms with van der Waals surface area (Å²) in [4.78, 5) is 14.6. The maximum absolute atomic E-state index is 13.2. The second-order valence-electron chi connectivity index (χ2n) is 5.32. The van der Waals surface area contributed by atoms with Crippen LogP contribution in [-0.4, -0.2) is 18.0 Å². The Balaban J connectivity index is 2.17. The average molecular weight is 385 g/mol. The Kier molecular flexibility index (Phi) is 4.24. The van der Waals surface area contributed by atoms with Crippen molar-refractivity contribution >= 4 is 21.2 Å². The van der Waals surface area contributed by atoms with E-state index in [-0.39, 0.29) is 27.8 Å². The molecule has 136 valence electrons. The van der Waals surface area contributed by atoms with Crippen LogP contribution in [0.4, 0.5) is 13.2 Å². The normalized spacial score (nSPS) is 12.3. The Morgan fingerprint density at radius 1 is 1.04 bits per heavy atom. The summed E-state index contributed by atoms with van der Waals surface area (Å²) in [5.41, 5.74) is -1.88. The maximum Gasteiger partial charge on any atom is 0.446 e. The molecule has 26 heavy (non-hydrogen) atoms. The first-order chi connectivity index (χ1) is 12.0. The van der Waals surface area contributed by atoms with Gasteiger partial charge in [-0.3, -0.25) is 9.35 Å². The maximum atomic E-state index is 13.2. The zero-order valence-corrected chi connectivity index (χ0v) is 13.6. The fourth-order valence-corrected chi connectivity index (χ4v) is 2.87. The van der Waals surface area contributed by atoms with Crippen molar-refractivity contribution in [2.75, 3.05) is 0 Å². The molecule has 0 aliphatic heterocycles. The van der Waals surface area contributed by atoms with Crippen molar-refractivity contribution in [3.8, 4) is 17.0 Å². The third kappa shape index (κ3) is 3.70. The first-order valence-electron chi connectivity index (χ1n) is 7.05. The van der Waals surface area contributed by atoms with Crippen molar-refractivity contribution in [3.63, 3.8) is 0 Å². The van der Waals surface area contributed by atoms with Crippen LogP contribution in [0.25, 0.3) is 22.0 Å². The lowest BCUT2D eigenvalue weighted by atomic mass is 10.0. The van der Waals surface area contributed by atoms with Gasteiger partial charge in [0, 0.05) is 11.3 Å².